The number of hydrogen-bond donors (Lipinski definition) is 1. The molecule has 1 atom stereocenters. The third-order valence-corrected chi connectivity index (χ3v) is 5.11. The molecule has 0 saturated carbocycles. The standard InChI is InChI=1S/C19H16F2N6O3/c1-29-12-3-2-4-13-15(12)25-17(30-13)16-14-10(22-9-23-14)6-8-26(16)18(28)11-5-7-24-27(11)19(20)21/h2-5,7,9,16,19H,6,8H2,1H3,(H,22,23)/t16-/m0/s1. The van der Waals surface area contributed by atoms with Crippen molar-refractivity contribution in [3.8, 4) is 5.75 Å². The number of para-hydroxylation sites is 1. The lowest BCUT2D eigenvalue weighted by Gasteiger charge is -2.33. The Morgan fingerprint density at radius 2 is 2.23 bits per heavy atom. The van der Waals surface area contributed by atoms with Gasteiger partial charge in [0.1, 0.15) is 11.4 Å². The largest absolute Gasteiger partial charge is 0.494 e. The molecule has 0 spiro atoms. The van der Waals surface area contributed by atoms with E-state index in [2.05, 4.69) is 20.1 Å². The van der Waals surface area contributed by atoms with Crippen LogP contribution in [0.1, 0.15) is 40.4 Å². The van der Waals surface area contributed by atoms with E-state index in [1.165, 1.54) is 30.6 Å². The molecule has 0 bridgehead atoms. The van der Waals surface area contributed by atoms with E-state index in [0.29, 0.717) is 33.6 Å². The van der Waals surface area contributed by atoms with E-state index in [0.717, 1.165) is 5.69 Å². The lowest BCUT2D eigenvalue weighted by atomic mass is 10.0. The van der Waals surface area contributed by atoms with Crippen LogP contribution in [0.25, 0.3) is 11.1 Å². The number of rotatable bonds is 4. The first-order valence-electron chi connectivity index (χ1n) is 9.16. The first kappa shape index (κ1) is 18.3. The lowest BCUT2D eigenvalue weighted by molar-refractivity contribution is 0.0435. The summed E-state index contributed by atoms with van der Waals surface area (Å²) in [5.41, 5.74) is 2.16. The first-order valence-corrected chi connectivity index (χ1v) is 9.16. The fraction of sp³-hybridized carbons (Fsp3) is 0.263. The number of aromatic amines is 1. The number of hydrogen-bond acceptors (Lipinski definition) is 6. The molecule has 4 heterocycles. The highest BCUT2D eigenvalue weighted by Gasteiger charge is 2.39. The summed E-state index contributed by atoms with van der Waals surface area (Å²) in [5.74, 6) is 0.133. The number of halogens is 2. The number of methoxy groups -OCH3 is 1. The van der Waals surface area contributed by atoms with Crippen LogP contribution in [-0.2, 0) is 6.42 Å². The van der Waals surface area contributed by atoms with Crippen molar-refractivity contribution in [3.05, 3.63) is 59.8 Å². The predicted octanol–water partition coefficient (Wildman–Crippen LogP) is 2.94. The molecule has 30 heavy (non-hydrogen) atoms. The molecule has 1 aromatic carbocycles. The van der Waals surface area contributed by atoms with Crippen LogP contribution in [-0.4, -0.2) is 49.2 Å². The van der Waals surface area contributed by atoms with Crippen LogP contribution >= 0.6 is 0 Å². The average molecular weight is 414 g/mol. The first-order chi connectivity index (χ1) is 14.6. The summed E-state index contributed by atoms with van der Waals surface area (Å²) in [4.78, 5) is 26.6. The monoisotopic (exact) mass is 414 g/mol. The number of nitrogens with zero attached hydrogens (tertiary/aromatic N) is 5. The Balaban J connectivity index is 1.63. The molecule has 11 heteroatoms. The van der Waals surface area contributed by atoms with Crippen molar-refractivity contribution in [1.29, 1.82) is 0 Å². The molecule has 9 nitrogen and oxygen atoms in total. The molecule has 0 fully saturated rings. The summed E-state index contributed by atoms with van der Waals surface area (Å²) in [6.07, 6.45) is 3.19. The molecule has 4 aromatic rings. The summed E-state index contributed by atoms with van der Waals surface area (Å²) in [6, 6.07) is 5.73. The third-order valence-electron chi connectivity index (χ3n) is 5.11. The number of nitrogens with one attached hydrogen (secondary N) is 1. The van der Waals surface area contributed by atoms with Crippen LogP contribution in [0.2, 0.25) is 0 Å². The number of H-pyrrole nitrogens is 1. The molecule has 154 valence electrons. The number of oxazole rings is 1. The highest BCUT2D eigenvalue weighted by atomic mass is 19.3. The number of carbonyl (C=O) groups is 1. The van der Waals surface area contributed by atoms with Crippen molar-refractivity contribution in [2.75, 3.05) is 13.7 Å². The minimum Gasteiger partial charge on any atom is -0.494 e. The van der Waals surface area contributed by atoms with Gasteiger partial charge in [-0.05, 0) is 18.2 Å². The van der Waals surface area contributed by atoms with Gasteiger partial charge in [0.15, 0.2) is 17.1 Å². The van der Waals surface area contributed by atoms with Crippen LogP contribution in [0.5, 0.6) is 5.75 Å². The van der Waals surface area contributed by atoms with E-state index in [-0.39, 0.29) is 18.1 Å². The maximum Gasteiger partial charge on any atom is 0.333 e. The van der Waals surface area contributed by atoms with E-state index in [1.54, 1.807) is 18.2 Å². The minimum absolute atomic E-state index is 0.220. The van der Waals surface area contributed by atoms with E-state index in [9.17, 15) is 13.6 Å². The number of imidazole rings is 1. The van der Waals surface area contributed by atoms with Crippen LogP contribution in [0.3, 0.4) is 0 Å². The Bertz CT molecular complexity index is 1230. The van der Waals surface area contributed by atoms with Gasteiger partial charge in [-0.3, -0.25) is 4.79 Å². The summed E-state index contributed by atoms with van der Waals surface area (Å²) in [6.45, 7) is -2.67. The van der Waals surface area contributed by atoms with Gasteiger partial charge >= 0.3 is 6.55 Å². The zero-order chi connectivity index (χ0) is 20.8. The zero-order valence-corrected chi connectivity index (χ0v) is 15.7. The van der Waals surface area contributed by atoms with Crippen LogP contribution in [0.15, 0.2) is 41.2 Å². The van der Waals surface area contributed by atoms with Crippen molar-refractivity contribution in [2.45, 2.75) is 19.0 Å². The van der Waals surface area contributed by atoms with Crippen molar-refractivity contribution >= 4 is 17.0 Å². The molecule has 3 aromatic heterocycles. The van der Waals surface area contributed by atoms with Crippen LogP contribution in [0.4, 0.5) is 8.78 Å². The molecular formula is C19H16F2N6O3. The molecule has 1 N–H and O–H groups in total. The molecular weight excluding hydrogens is 398 g/mol. The molecule has 5 rings (SSSR count). The third kappa shape index (κ3) is 2.73. The second-order valence-electron chi connectivity index (χ2n) is 6.72. The Labute approximate surface area is 168 Å². The van der Waals surface area contributed by atoms with Crippen LogP contribution in [0, 0.1) is 0 Å². The minimum atomic E-state index is -2.93. The van der Waals surface area contributed by atoms with Crippen molar-refractivity contribution < 1.29 is 22.7 Å². The normalized spacial score (nSPS) is 16.3. The molecule has 0 unspecified atom stereocenters. The Hall–Kier alpha value is -3.76. The quantitative estimate of drug-likeness (QED) is 0.551. The van der Waals surface area contributed by atoms with Crippen molar-refractivity contribution in [2.24, 2.45) is 0 Å². The van der Waals surface area contributed by atoms with Gasteiger partial charge in [-0.2, -0.15) is 18.6 Å². The summed E-state index contributed by atoms with van der Waals surface area (Å²) < 4.78 is 38.3. The number of amides is 1. The van der Waals surface area contributed by atoms with Gasteiger partial charge in [-0.1, -0.05) is 6.07 Å². The molecule has 1 amide bonds. The number of carbonyl (C=O) groups excluding carboxylic acids is 1. The van der Waals surface area contributed by atoms with Gasteiger partial charge in [0.25, 0.3) is 5.91 Å². The fourth-order valence-corrected chi connectivity index (χ4v) is 3.75. The molecule has 0 aliphatic carbocycles. The topological polar surface area (TPSA) is 102 Å². The second-order valence-corrected chi connectivity index (χ2v) is 6.72. The van der Waals surface area contributed by atoms with E-state index in [1.807, 2.05) is 0 Å². The van der Waals surface area contributed by atoms with Gasteiger partial charge in [0.05, 0.1) is 19.1 Å². The molecule has 1 aliphatic heterocycles. The summed E-state index contributed by atoms with van der Waals surface area (Å²) in [5, 5.41) is 3.56. The average Bonchev–Trinajstić information content (AvgIpc) is 3.50. The maximum atomic E-state index is 13.3. The number of benzene rings is 1. The lowest BCUT2D eigenvalue weighted by Crippen LogP contribution is -2.41. The fourth-order valence-electron chi connectivity index (χ4n) is 3.75. The Kier molecular flexibility index (Phi) is 4.23. The van der Waals surface area contributed by atoms with Gasteiger partial charge < -0.3 is 19.0 Å². The van der Waals surface area contributed by atoms with Crippen LogP contribution < -0.4 is 4.74 Å². The Morgan fingerprint density at radius 1 is 1.37 bits per heavy atom. The summed E-state index contributed by atoms with van der Waals surface area (Å²) >= 11 is 0. The summed E-state index contributed by atoms with van der Waals surface area (Å²) in [7, 11) is 1.52. The number of ether oxygens (including phenoxy) is 1. The van der Waals surface area contributed by atoms with Crippen molar-refractivity contribution in [3.63, 3.8) is 0 Å². The van der Waals surface area contributed by atoms with Gasteiger partial charge in [0, 0.05) is 24.9 Å². The zero-order valence-electron chi connectivity index (χ0n) is 15.7. The number of fused-ring (bicyclic) bond motifs is 2. The molecule has 0 radical (unpaired) electrons. The van der Waals surface area contributed by atoms with E-state index >= 15 is 0 Å². The molecule has 1 aliphatic rings. The number of aromatic nitrogens is 5. The van der Waals surface area contributed by atoms with E-state index in [4.69, 9.17) is 9.15 Å². The van der Waals surface area contributed by atoms with Gasteiger partial charge in [-0.25, -0.2) is 9.97 Å². The second kappa shape index (κ2) is 6.94. The van der Waals surface area contributed by atoms with Crippen molar-refractivity contribution in [1.82, 2.24) is 29.6 Å². The smallest absolute Gasteiger partial charge is 0.333 e. The highest BCUT2D eigenvalue weighted by molar-refractivity contribution is 5.93. The molecule has 0 saturated heterocycles. The maximum absolute atomic E-state index is 13.3. The number of alkyl halides is 2. The SMILES string of the molecule is COc1cccc2oc([C@@H]3c4nc[nH]c4CCN3C(=O)c3ccnn3C(F)F)nc12. The van der Waals surface area contributed by atoms with Gasteiger partial charge in [0.2, 0.25) is 5.89 Å². The highest BCUT2D eigenvalue weighted by Crippen LogP contribution is 2.37. The Morgan fingerprint density at radius 3 is 3.03 bits per heavy atom. The van der Waals surface area contributed by atoms with Gasteiger partial charge in [-0.15, -0.1) is 0 Å². The predicted molar refractivity (Wildman–Crippen MR) is 99.2 cm³/mol. The van der Waals surface area contributed by atoms with E-state index < -0.39 is 18.5 Å².